The van der Waals surface area contributed by atoms with Crippen LogP contribution in [-0.4, -0.2) is 73.6 Å². The van der Waals surface area contributed by atoms with Crippen molar-refractivity contribution in [3.8, 4) is 0 Å². The van der Waals surface area contributed by atoms with Crippen molar-refractivity contribution < 1.29 is 18.0 Å². The summed E-state index contributed by atoms with van der Waals surface area (Å²) in [5.41, 5.74) is 0. The fourth-order valence-corrected chi connectivity index (χ4v) is 4.62. The number of hydrogen-bond donors (Lipinski definition) is 0. The van der Waals surface area contributed by atoms with E-state index in [1.165, 1.54) is 16.4 Å². The molecule has 0 saturated carbocycles. The van der Waals surface area contributed by atoms with E-state index in [0.717, 1.165) is 6.42 Å². The minimum absolute atomic E-state index is 0.0114. The first-order valence-electron chi connectivity index (χ1n) is 8.19. The van der Waals surface area contributed by atoms with Gasteiger partial charge in [-0.25, -0.2) is 8.42 Å². The van der Waals surface area contributed by atoms with Gasteiger partial charge in [-0.1, -0.05) is 11.6 Å². The summed E-state index contributed by atoms with van der Waals surface area (Å²) in [6.07, 6.45) is 1.29. The Hall–Kier alpha value is -1.64. The van der Waals surface area contributed by atoms with Crippen LogP contribution < -0.4 is 0 Å². The molecule has 2 saturated heterocycles. The van der Waals surface area contributed by atoms with Crippen LogP contribution in [0.25, 0.3) is 0 Å². The van der Waals surface area contributed by atoms with E-state index in [0.29, 0.717) is 31.1 Å². The van der Waals surface area contributed by atoms with Crippen molar-refractivity contribution >= 4 is 33.4 Å². The molecule has 2 fully saturated rings. The van der Waals surface area contributed by atoms with Crippen LogP contribution in [0.3, 0.4) is 0 Å². The highest BCUT2D eigenvalue weighted by molar-refractivity contribution is 7.89. The molecule has 25 heavy (non-hydrogen) atoms. The van der Waals surface area contributed by atoms with Crippen molar-refractivity contribution in [2.75, 3.05) is 39.3 Å². The predicted molar refractivity (Wildman–Crippen MR) is 92.6 cm³/mol. The van der Waals surface area contributed by atoms with Gasteiger partial charge in [-0.2, -0.15) is 4.31 Å². The Labute approximate surface area is 152 Å². The van der Waals surface area contributed by atoms with Crippen molar-refractivity contribution in [1.29, 1.82) is 0 Å². The van der Waals surface area contributed by atoms with Gasteiger partial charge in [0.15, 0.2) is 0 Å². The summed E-state index contributed by atoms with van der Waals surface area (Å²) in [5.74, 6) is -0.115. The summed E-state index contributed by atoms with van der Waals surface area (Å²) in [5, 5.41) is 0.478. The number of rotatable bonds is 4. The zero-order chi connectivity index (χ0) is 18.0. The smallest absolute Gasteiger partial charge is 0.243 e. The molecule has 0 aromatic heterocycles. The first-order chi connectivity index (χ1) is 11.9. The van der Waals surface area contributed by atoms with E-state index in [9.17, 15) is 18.0 Å². The molecule has 1 aromatic rings. The molecule has 136 valence electrons. The molecule has 0 aliphatic carbocycles. The van der Waals surface area contributed by atoms with E-state index < -0.39 is 10.0 Å². The molecule has 0 unspecified atom stereocenters. The average Bonchev–Trinajstić information content (AvgIpc) is 3.00. The Morgan fingerprint density at radius 2 is 1.68 bits per heavy atom. The van der Waals surface area contributed by atoms with Crippen molar-refractivity contribution in [1.82, 2.24) is 14.1 Å². The number of sulfonamides is 1. The molecule has 0 bridgehead atoms. The van der Waals surface area contributed by atoms with Crippen LogP contribution in [0.15, 0.2) is 29.2 Å². The molecule has 0 N–H and O–H groups in total. The quantitative estimate of drug-likeness (QED) is 0.767. The largest absolute Gasteiger partial charge is 0.339 e. The Balaban J connectivity index is 1.58. The van der Waals surface area contributed by atoms with Crippen molar-refractivity contribution in [2.24, 2.45) is 0 Å². The lowest BCUT2D eigenvalue weighted by atomic mass is 10.3. The molecule has 0 spiro atoms. The maximum absolute atomic E-state index is 12.6. The van der Waals surface area contributed by atoms with Crippen LogP contribution in [0.4, 0.5) is 0 Å². The van der Waals surface area contributed by atoms with Crippen LogP contribution >= 0.6 is 11.6 Å². The fraction of sp³-hybridized carbons (Fsp3) is 0.500. The fourth-order valence-electron chi connectivity index (χ4n) is 3.07. The molecule has 0 atom stereocenters. The highest BCUT2D eigenvalue weighted by atomic mass is 35.5. The molecular formula is C16H20ClN3O4S. The van der Waals surface area contributed by atoms with E-state index in [1.54, 1.807) is 21.9 Å². The van der Waals surface area contributed by atoms with Gasteiger partial charge >= 0.3 is 0 Å². The zero-order valence-corrected chi connectivity index (χ0v) is 15.3. The van der Waals surface area contributed by atoms with E-state index in [4.69, 9.17) is 11.6 Å². The van der Waals surface area contributed by atoms with Gasteiger partial charge in [0.2, 0.25) is 21.8 Å². The van der Waals surface area contributed by atoms with Gasteiger partial charge in [-0.15, -0.1) is 0 Å². The molecule has 0 radical (unpaired) electrons. The van der Waals surface area contributed by atoms with Gasteiger partial charge < -0.3 is 9.80 Å². The maximum Gasteiger partial charge on any atom is 0.243 e. The van der Waals surface area contributed by atoms with Crippen LogP contribution in [0, 0.1) is 0 Å². The number of carbonyl (C=O) groups is 2. The molecule has 3 rings (SSSR count). The average molecular weight is 386 g/mol. The number of hydrogen-bond acceptors (Lipinski definition) is 4. The van der Waals surface area contributed by atoms with Crippen LogP contribution in [0.5, 0.6) is 0 Å². The third-order valence-electron chi connectivity index (χ3n) is 4.54. The van der Waals surface area contributed by atoms with Gasteiger partial charge in [0.05, 0.1) is 11.4 Å². The normalized spacial score (nSPS) is 19.5. The Bertz CT molecular complexity index is 758. The molecule has 9 heteroatoms. The predicted octanol–water partition coefficient (Wildman–Crippen LogP) is 0.795. The second-order valence-electron chi connectivity index (χ2n) is 6.16. The lowest BCUT2D eigenvalue weighted by molar-refractivity contribution is -0.139. The summed E-state index contributed by atoms with van der Waals surface area (Å²) in [7, 11) is -3.59. The van der Waals surface area contributed by atoms with Gasteiger partial charge in [-0.3, -0.25) is 9.59 Å². The molecular weight excluding hydrogens is 366 g/mol. The van der Waals surface area contributed by atoms with Crippen molar-refractivity contribution in [3.63, 3.8) is 0 Å². The molecule has 2 aliphatic rings. The van der Waals surface area contributed by atoms with Crippen molar-refractivity contribution in [3.05, 3.63) is 29.3 Å². The summed E-state index contributed by atoms with van der Waals surface area (Å²) in [6.45, 7) is 1.84. The number of piperazine rings is 1. The number of likely N-dealkylation sites (tertiary alicyclic amines) is 1. The SMILES string of the molecule is O=C(CN1CCCC1=O)N1CCN(S(=O)(=O)c2ccc(Cl)cc2)CC1. The summed E-state index contributed by atoms with van der Waals surface area (Å²) >= 11 is 5.80. The van der Waals surface area contributed by atoms with E-state index in [-0.39, 0.29) is 36.3 Å². The minimum Gasteiger partial charge on any atom is -0.339 e. The molecule has 2 amide bonds. The molecule has 2 heterocycles. The molecule has 2 aliphatic heterocycles. The van der Waals surface area contributed by atoms with Crippen molar-refractivity contribution in [2.45, 2.75) is 17.7 Å². The van der Waals surface area contributed by atoms with Gasteiger partial charge in [0, 0.05) is 44.2 Å². The number of halogens is 1. The van der Waals surface area contributed by atoms with Crippen LogP contribution in [-0.2, 0) is 19.6 Å². The maximum atomic E-state index is 12.6. The summed E-state index contributed by atoms with van der Waals surface area (Å²) < 4.78 is 26.6. The topological polar surface area (TPSA) is 78.0 Å². The number of nitrogens with zero attached hydrogens (tertiary/aromatic N) is 3. The molecule has 1 aromatic carbocycles. The molecule has 7 nitrogen and oxygen atoms in total. The van der Waals surface area contributed by atoms with E-state index >= 15 is 0 Å². The van der Waals surface area contributed by atoms with E-state index in [2.05, 4.69) is 0 Å². The standard InChI is InChI=1S/C16H20ClN3O4S/c17-13-3-5-14(6-4-13)25(23,24)20-10-8-18(9-11-20)16(22)12-19-7-1-2-15(19)21/h3-6H,1-2,7-12H2. The first-order valence-corrected chi connectivity index (χ1v) is 10.0. The second-order valence-corrected chi connectivity index (χ2v) is 8.53. The highest BCUT2D eigenvalue weighted by Gasteiger charge is 2.31. The van der Waals surface area contributed by atoms with E-state index in [1.807, 2.05) is 0 Å². The Kier molecular flexibility index (Phi) is 5.31. The minimum atomic E-state index is -3.59. The monoisotopic (exact) mass is 385 g/mol. The van der Waals surface area contributed by atoms with Gasteiger partial charge in [0.25, 0.3) is 0 Å². The summed E-state index contributed by atoms with van der Waals surface area (Å²) in [6, 6.07) is 6.05. The van der Waals surface area contributed by atoms with Crippen LogP contribution in [0.1, 0.15) is 12.8 Å². The number of amides is 2. The third-order valence-corrected chi connectivity index (χ3v) is 6.71. The zero-order valence-electron chi connectivity index (χ0n) is 13.7. The number of carbonyl (C=O) groups excluding carboxylic acids is 2. The van der Waals surface area contributed by atoms with Gasteiger partial charge in [-0.05, 0) is 30.7 Å². The third kappa shape index (κ3) is 3.96. The second kappa shape index (κ2) is 7.31. The lowest BCUT2D eigenvalue weighted by Gasteiger charge is -2.34. The lowest BCUT2D eigenvalue weighted by Crippen LogP contribution is -2.52. The highest BCUT2D eigenvalue weighted by Crippen LogP contribution is 2.20. The van der Waals surface area contributed by atoms with Gasteiger partial charge in [0.1, 0.15) is 0 Å². The van der Waals surface area contributed by atoms with Crippen LogP contribution in [0.2, 0.25) is 5.02 Å². The Morgan fingerprint density at radius 3 is 2.24 bits per heavy atom. The number of benzene rings is 1. The Morgan fingerprint density at radius 1 is 1.04 bits per heavy atom. The summed E-state index contributed by atoms with van der Waals surface area (Å²) in [4.78, 5) is 27.3. The first kappa shape index (κ1) is 18.2.